The van der Waals surface area contributed by atoms with Crippen molar-refractivity contribution in [3.8, 4) is 33.8 Å². The van der Waals surface area contributed by atoms with E-state index in [0.29, 0.717) is 48.6 Å². The van der Waals surface area contributed by atoms with Gasteiger partial charge in [-0.2, -0.15) is 0 Å². The van der Waals surface area contributed by atoms with Gasteiger partial charge in [-0.15, -0.1) is 13.2 Å². The summed E-state index contributed by atoms with van der Waals surface area (Å²) in [6, 6.07) is 46.6. The summed E-state index contributed by atoms with van der Waals surface area (Å²) in [7, 11) is -1.47. The van der Waals surface area contributed by atoms with Crippen LogP contribution in [0, 0.1) is 22.7 Å². The van der Waals surface area contributed by atoms with Crippen molar-refractivity contribution in [3.05, 3.63) is 194 Å². The van der Waals surface area contributed by atoms with Crippen LogP contribution in [0.15, 0.2) is 183 Å². The molecular weight excluding hydrogens is 1360 g/mol. The third-order valence-corrected chi connectivity index (χ3v) is 24.8. The summed E-state index contributed by atoms with van der Waals surface area (Å²) >= 11 is 0. The van der Waals surface area contributed by atoms with Gasteiger partial charge in [-0.3, -0.25) is 38.2 Å². The van der Waals surface area contributed by atoms with E-state index in [0.717, 1.165) is 33.4 Å². The van der Waals surface area contributed by atoms with E-state index < -0.39 is 123 Å². The fraction of sp³-hybridized carbons (Fsp3) is 0.425. The molecule has 2 saturated heterocycles. The SMILES string of the molecule is C=C[C@@H]1C[C@]1(NC(=O)[C@@H]1C[C@@](OC)(c2ccc(-c3ccccc3)cc2)CN1C(=O)C(Nc1cccc(OC)c1)C(C)(C)C)C(=O)NS(=O)(=O)C1CC1.C=C[C@@H]1C[C@]1(NC(=O)[C@@H]1C[C@@](OC)(c2ccc(-c3ccccc3)cc2)CN1C(=O)[C@H](Nc1cccc(OC)c1)C(C)(C)C)C(=O)NS(=O)(=O)C1CC1. The highest BCUT2D eigenvalue weighted by molar-refractivity contribution is 7.91. The molecule has 0 radical (unpaired) electrons. The highest BCUT2D eigenvalue weighted by Gasteiger charge is 2.65. The van der Waals surface area contributed by atoms with Gasteiger partial charge in [-0.25, -0.2) is 16.8 Å². The zero-order chi connectivity index (χ0) is 75.0. The monoisotopic (exact) mass is 1460 g/mol. The molecule has 10 atom stereocenters. The van der Waals surface area contributed by atoms with E-state index in [1.165, 1.54) is 9.80 Å². The lowest BCUT2D eigenvalue weighted by molar-refractivity contribution is -0.142. The first-order valence-corrected chi connectivity index (χ1v) is 38.3. The van der Waals surface area contributed by atoms with Crippen LogP contribution in [0.3, 0.4) is 0 Å². The summed E-state index contributed by atoms with van der Waals surface area (Å²) in [6.45, 7) is 19.4. The number of carbonyl (C=O) groups excluding carboxylic acids is 6. The Bertz CT molecular complexity index is 4170. The van der Waals surface area contributed by atoms with Gasteiger partial charge in [0.1, 0.15) is 57.9 Å². The molecule has 6 fully saturated rings. The van der Waals surface area contributed by atoms with Crippen LogP contribution in [0.4, 0.5) is 11.4 Å². The molecule has 4 saturated carbocycles. The molecule has 0 aromatic heterocycles. The molecule has 104 heavy (non-hydrogen) atoms. The molecule has 1 unspecified atom stereocenters. The Morgan fingerprint density at radius 1 is 0.471 bits per heavy atom. The second-order valence-corrected chi connectivity index (χ2v) is 34.3. The summed E-state index contributed by atoms with van der Waals surface area (Å²) in [4.78, 5) is 89.0. The maximum absolute atomic E-state index is 14.9. The molecule has 2 aliphatic heterocycles. The summed E-state index contributed by atoms with van der Waals surface area (Å²) in [5, 5.41) is 11.3. The number of sulfonamides is 2. The van der Waals surface area contributed by atoms with E-state index in [-0.39, 0.29) is 50.6 Å². The van der Waals surface area contributed by atoms with Crippen molar-refractivity contribution in [2.45, 2.75) is 150 Å². The van der Waals surface area contributed by atoms with Crippen molar-refractivity contribution in [2.75, 3.05) is 52.2 Å². The number of nitrogens with zero attached hydrogens (tertiary/aromatic N) is 2. The van der Waals surface area contributed by atoms with Gasteiger partial charge in [0, 0.05) is 62.4 Å². The van der Waals surface area contributed by atoms with Crippen LogP contribution >= 0.6 is 0 Å². The highest BCUT2D eigenvalue weighted by atomic mass is 32.2. The van der Waals surface area contributed by atoms with Gasteiger partial charge < -0.3 is 50.0 Å². The largest absolute Gasteiger partial charge is 0.497 e. The van der Waals surface area contributed by atoms with Gasteiger partial charge >= 0.3 is 0 Å². The second-order valence-electron chi connectivity index (χ2n) is 30.4. The zero-order valence-electron chi connectivity index (χ0n) is 60.7. The Kier molecular flexibility index (Phi) is 21.6. The molecule has 24 heteroatoms. The molecule has 6 amide bonds. The molecule has 6 aromatic carbocycles. The van der Waals surface area contributed by atoms with Crippen molar-refractivity contribution in [3.63, 3.8) is 0 Å². The number of nitrogens with one attached hydrogen (secondary N) is 6. The Morgan fingerprint density at radius 3 is 1.10 bits per heavy atom. The second kappa shape index (κ2) is 29.6. The number of anilines is 2. The van der Waals surface area contributed by atoms with Gasteiger partial charge in [0.15, 0.2) is 0 Å². The molecule has 0 bridgehead atoms. The number of hydrogen-bond donors (Lipinski definition) is 6. The summed E-state index contributed by atoms with van der Waals surface area (Å²) in [6.07, 6.45) is 5.59. The molecular formula is C80H96N8O14S2. The van der Waals surface area contributed by atoms with E-state index >= 15 is 0 Å². The lowest BCUT2D eigenvalue weighted by Gasteiger charge is -2.36. The van der Waals surface area contributed by atoms with Crippen LogP contribution in [-0.4, -0.2) is 149 Å². The number of methoxy groups -OCH3 is 4. The average Bonchev–Trinajstić information content (AvgIpc) is 1.58. The van der Waals surface area contributed by atoms with Gasteiger partial charge in [0.05, 0.1) is 37.8 Å². The quantitative estimate of drug-likeness (QED) is 0.0275. The van der Waals surface area contributed by atoms with Crippen molar-refractivity contribution in [1.29, 1.82) is 0 Å². The van der Waals surface area contributed by atoms with Crippen molar-refractivity contribution >= 4 is 66.9 Å². The molecule has 22 nitrogen and oxygen atoms in total. The molecule has 6 N–H and O–H groups in total. The molecule has 0 spiro atoms. The van der Waals surface area contributed by atoms with Gasteiger partial charge in [-0.1, -0.05) is 175 Å². The Morgan fingerprint density at radius 2 is 0.808 bits per heavy atom. The number of carbonyl (C=O) groups is 6. The van der Waals surface area contributed by atoms with E-state index in [1.807, 2.05) is 187 Å². The predicted octanol–water partition coefficient (Wildman–Crippen LogP) is 10.0. The van der Waals surface area contributed by atoms with Crippen LogP contribution in [0.25, 0.3) is 22.3 Å². The minimum Gasteiger partial charge on any atom is -0.497 e. The Balaban J connectivity index is 0.000000208. The molecule has 12 rings (SSSR count). The zero-order valence-corrected chi connectivity index (χ0v) is 62.3. The van der Waals surface area contributed by atoms with E-state index in [4.69, 9.17) is 18.9 Å². The summed E-state index contributed by atoms with van der Waals surface area (Å²) in [5.74, 6) is -3.13. The fourth-order valence-corrected chi connectivity index (χ4v) is 17.0. The van der Waals surface area contributed by atoms with Gasteiger partial charge in [-0.05, 0) is 107 Å². The minimum absolute atomic E-state index is 0.0532. The smallest absolute Gasteiger partial charge is 0.259 e. The number of benzene rings is 6. The maximum atomic E-state index is 14.9. The van der Waals surface area contributed by atoms with Crippen molar-refractivity contribution < 1.29 is 64.6 Å². The van der Waals surface area contributed by atoms with Crippen LogP contribution in [0.2, 0.25) is 0 Å². The van der Waals surface area contributed by atoms with E-state index in [1.54, 1.807) is 52.7 Å². The predicted molar refractivity (Wildman–Crippen MR) is 400 cm³/mol. The van der Waals surface area contributed by atoms with Gasteiger partial charge in [0.25, 0.3) is 11.8 Å². The van der Waals surface area contributed by atoms with Crippen LogP contribution < -0.4 is 40.2 Å². The molecule has 6 aromatic rings. The molecule has 4 aliphatic carbocycles. The van der Waals surface area contributed by atoms with Crippen LogP contribution in [-0.2, 0) is 69.5 Å². The number of hydrogen-bond acceptors (Lipinski definition) is 16. The van der Waals surface area contributed by atoms with Gasteiger partial charge in [0.2, 0.25) is 43.7 Å². The van der Waals surface area contributed by atoms with Crippen molar-refractivity contribution in [2.24, 2.45) is 22.7 Å². The van der Waals surface area contributed by atoms with Crippen LogP contribution in [0.1, 0.15) is 104 Å². The molecule has 552 valence electrons. The average molecular weight is 1460 g/mol. The number of likely N-dealkylation sites (tertiary alicyclic amines) is 2. The first-order chi connectivity index (χ1) is 49.3. The molecule has 6 aliphatic rings. The number of rotatable bonds is 26. The van der Waals surface area contributed by atoms with Crippen LogP contribution in [0.5, 0.6) is 11.5 Å². The number of amides is 6. The highest BCUT2D eigenvalue weighted by Crippen LogP contribution is 2.49. The fourth-order valence-electron chi connectivity index (χ4n) is 14.2. The first kappa shape index (κ1) is 75.8. The standard InChI is InChI=1S/2C40H48N4O7S/c2*1-7-28-23-40(28,37(47)43-52(48,49)32-20-21-32)42-35(45)33-24-39(51-6,29-18-16-27(17-19-29)26-12-9-8-10-13-26)25-44(33)36(46)34(38(2,3)4)41-30-14-11-15-31(22-30)50-5/h2*7-19,22,28,32-34,41H,1,20-21,23-25H2,2-6H3,(H,42,45)(H,43,47)/t28-,33+,34?,39+,40-;28-,33+,34+,39+,40-/m11/s1. The van der Waals surface area contributed by atoms with E-state index in [2.05, 4.69) is 43.9 Å². The molecule has 2 heterocycles. The number of ether oxygens (including phenoxy) is 4. The lowest BCUT2D eigenvalue weighted by atomic mass is 9.85. The third kappa shape index (κ3) is 16.0. The Labute approximate surface area is 610 Å². The maximum Gasteiger partial charge on any atom is 0.259 e. The lowest BCUT2D eigenvalue weighted by Crippen LogP contribution is -2.58. The topological polar surface area (TPSA) is 286 Å². The summed E-state index contributed by atoms with van der Waals surface area (Å²) < 4.78 is 78.8. The normalized spacial score (nSPS) is 24.8. The van der Waals surface area contributed by atoms with E-state index in [9.17, 15) is 45.6 Å². The van der Waals surface area contributed by atoms with Crippen molar-refractivity contribution in [1.82, 2.24) is 29.9 Å². The summed E-state index contributed by atoms with van der Waals surface area (Å²) in [5.41, 5.74) is 0.632. The first-order valence-electron chi connectivity index (χ1n) is 35.2. The third-order valence-electron chi connectivity index (χ3n) is 21.1. The Hall–Kier alpha value is -9.36. The minimum atomic E-state index is -3.87.